The maximum absolute atomic E-state index is 12.1. The van der Waals surface area contributed by atoms with Gasteiger partial charge in [-0.15, -0.1) is 11.8 Å². The standard InChI is InChI=1S/C20H23N3OS/c1-4-15(3)25-18-8-9-19(14(2)10-18)23-20(24)22-13-17-7-5-6-16(11-17)12-21/h5-11,15H,4,13H2,1-3H3,(H2,22,23,24). The predicted octanol–water partition coefficient (Wildman–Crippen LogP) is 5.08. The molecule has 5 heteroatoms. The number of anilines is 1. The number of hydrogen-bond acceptors (Lipinski definition) is 3. The van der Waals surface area contributed by atoms with E-state index in [1.165, 1.54) is 4.90 Å². The number of amides is 2. The van der Waals surface area contributed by atoms with Crippen LogP contribution in [-0.4, -0.2) is 11.3 Å². The van der Waals surface area contributed by atoms with E-state index in [9.17, 15) is 4.79 Å². The molecule has 0 bridgehead atoms. The van der Waals surface area contributed by atoms with Crippen LogP contribution in [0.4, 0.5) is 10.5 Å². The van der Waals surface area contributed by atoms with Gasteiger partial charge < -0.3 is 10.6 Å². The molecule has 0 spiro atoms. The van der Waals surface area contributed by atoms with Gasteiger partial charge in [-0.25, -0.2) is 4.79 Å². The number of aryl methyl sites for hydroxylation is 1. The second kappa shape index (κ2) is 9.14. The summed E-state index contributed by atoms with van der Waals surface area (Å²) < 4.78 is 0. The maximum atomic E-state index is 12.1. The molecule has 130 valence electrons. The Labute approximate surface area is 153 Å². The van der Waals surface area contributed by atoms with Crippen molar-refractivity contribution in [3.05, 3.63) is 59.2 Å². The number of thioether (sulfide) groups is 1. The van der Waals surface area contributed by atoms with E-state index < -0.39 is 0 Å². The molecule has 2 aromatic carbocycles. The van der Waals surface area contributed by atoms with Crippen LogP contribution in [0.3, 0.4) is 0 Å². The average Bonchev–Trinajstić information content (AvgIpc) is 2.62. The number of carbonyl (C=O) groups excluding carboxylic acids is 1. The van der Waals surface area contributed by atoms with E-state index in [2.05, 4.69) is 36.6 Å². The molecule has 0 radical (unpaired) electrons. The van der Waals surface area contributed by atoms with E-state index in [0.29, 0.717) is 17.4 Å². The van der Waals surface area contributed by atoms with Crippen molar-refractivity contribution in [3.63, 3.8) is 0 Å². The zero-order valence-electron chi connectivity index (χ0n) is 14.8. The van der Waals surface area contributed by atoms with Gasteiger partial charge in [-0.2, -0.15) is 5.26 Å². The lowest BCUT2D eigenvalue weighted by molar-refractivity contribution is 0.251. The molecule has 0 aromatic heterocycles. The minimum atomic E-state index is -0.257. The van der Waals surface area contributed by atoms with E-state index in [0.717, 1.165) is 23.2 Å². The van der Waals surface area contributed by atoms with Crippen molar-refractivity contribution >= 4 is 23.5 Å². The van der Waals surface area contributed by atoms with E-state index in [1.807, 2.05) is 43.0 Å². The fourth-order valence-corrected chi connectivity index (χ4v) is 3.29. The van der Waals surface area contributed by atoms with Gasteiger partial charge in [0.15, 0.2) is 0 Å². The highest BCUT2D eigenvalue weighted by molar-refractivity contribution is 7.99. The summed E-state index contributed by atoms with van der Waals surface area (Å²) in [5.41, 5.74) is 3.32. The van der Waals surface area contributed by atoms with Gasteiger partial charge >= 0.3 is 6.03 Å². The predicted molar refractivity (Wildman–Crippen MR) is 104 cm³/mol. The SMILES string of the molecule is CCC(C)Sc1ccc(NC(=O)NCc2cccc(C#N)c2)c(C)c1. The van der Waals surface area contributed by atoms with Crippen molar-refractivity contribution in [1.82, 2.24) is 5.32 Å². The van der Waals surface area contributed by atoms with Crippen LogP contribution in [0.15, 0.2) is 47.4 Å². The number of benzene rings is 2. The quantitative estimate of drug-likeness (QED) is 0.712. The second-order valence-corrected chi connectivity index (χ2v) is 7.45. The summed E-state index contributed by atoms with van der Waals surface area (Å²) >= 11 is 1.84. The Morgan fingerprint density at radius 2 is 2.08 bits per heavy atom. The second-order valence-electron chi connectivity index (χ2n) is 5.93. The summed E-state index contributed by atoms with van der Waals surface area (Å²) in [7, 11) is 0. The molecule has 0 aliphatic carbocycles. The molecule has 0 aliphatic rings. The molecule has 2 aromatic rings. The van der Waals surface area contributed by atoms with Crippen molar-refractivity contribution < 1.29 is 4.79 Å². The summed E-state index contributed by atoms with van der Waals surface area (Å²) in [5, 5.41) is 15.2. The van der Waals surface area contributed by atoms with Gasteiger partial charge in [0.2, 0.25) is 0 Å². The molecule has 2 rings (SSSR count). The lowest BCUT2D eigenvalue weighted by atomic mass is 10.1. The van der Waals surface area contributed by atoms with Gasteiger partial charge in [0.25, 0.3) is 0 Å². The Morgan fingerprint density at radius 3 is 2.76 bits per heavy atom. The summed E-state index contributed by atoms with van der Waals surface area (Å²) in [6.07, 6.45) is 1.12. The first-order valence-corrected chi connectivity index (χ1v) is 9.21. The van der Waals surface area contributed by atoms with E-state index in [-0.39, 0.29) is 6.03 Å². The van der Waals surface area contributed by atoms with Crippen molar-refractivity contribution in [2.45, 2.75) is 43.9 Å². The molecule has 0 aliphatic heterocycles. The Morgan fingerprint density at radius 1 is 1.28 bits per heavy atom. The van der Waals surface area contributed by atoms with Crippen LogP contribution in [0.5, 0.6) is 0 Å². The molecule has 25 heavy (non-hydrogen) atoms. The molecule has 0 fully saturated rings. The van der Waals surface area contributed by atoms with Gasteiger partial charge in [0, 0.05) is 22.4 Å². The van der Waals surface area contributed by atoms with Crippen LogP contribution in [-0.2, 0) is 6.54 Å². The highest BCUT2D eigenvalue weighted by atomic mass is 32.2. The summed E-state index contributed by atoms with van der Waals surface area (Å²) in [5.74, 6) is 0. The zero-order valence-corrected chi connectivity index (χ0v) is 15.6. The Hall–Kier alpha value is -2.45. The molecule has 0 saturated carbocycles. The first kappa shape index (κ1) is 18.9. The van der Waals surface area contributed by atoms with Crippen molar-refractivity contribution in [2.24, 2.45) is 0 Å². The Bertz CT molecular complexity index is 783. The molecule has 2 amide bonds. The summed E-state index contributed by atoms with van der Waals surface area (Å²) in [4.78, 5) is 13.3. The highest BCUT2D eigenvalue weighted by Gasteiger charge is 2.07. The molecule has 1 unspecified atom stereocenters. The lowest BCUT2D eigenvalue weighted by Crippen LogP contribution is -2.28. The normalized spacial score (nSPS) is 11.4. The van der Waals surface area contributed by atoms with Crippen LogP contribution in [0.1, 0.15) is 37.0 Å². The molecule has 4 nitrogen and oxygen atoms in total. The third kappa shape index (κ3) is 5.84. The Balaban J connectivity index is 1.92. The van der Waals surface area contributed by atoms with E-state index in [4.69, 9.17) is 5.26 Å². The minimum absolute atomic E-state index is 0.257. The van der Waals surface area contributed by atoms with Gasteiger partial charge in [0.05, 0.1) is 11.6 Å². The first-order valence-electron chi connectivity index (χ1n) is 8.33. The minimum Gasteiger partial charge on any atom is -0.334 e. The van der Waals surface area contributed by atoms with Gasteiger partial charge in [-0.3, -0.25) is 0 Å². The van der Waals surface area contributed by atoms with Crippen LogP contribution in [0, 0.1) is 18.3 Å². The fraction of sp³-hybridized carbons (Fsp3) is 0.300. The van der Waals surface area contributed by atoms with Crippen molar-refractivity contribution in [2.75, 3.05) is 5.32 Å². The van der Waals surface area contributed by atoms with Crippen molar-refractivity contribution in [3.8, 4) is 6.07 Å². The number of nitriles is 1. The number of nitrogens with zero attached hydrogens (tertiary/aromatic N) is 1. The topological polar surface area (TPSA) is 64.9 Å². The molecular formula is C20H23N3OS. The molecule has 0 saturated heterocycles. The highest BCUT2D eigenvalue weighted by Crippen LogP contribution is 2.28. The van der Waals surface area contributed by atoms with Crippen LogP contribution in [0.25, 0.3) is 0 Å². The molecule has 2 N–H and O–H groups in total. The molecular weight excluding hydrogens is 330 g/mol. The fourth-order valence-electron chi connectivity index (χ4n) is 2.27. The number of urea groups is 1. The monoisotopic (exact) mass is 353 g/mol. The van der Waals surface area contributed by atoms with Crippen molar-refractivity contribution in [1.29, 1.82) is 5.26 Å². The number of nitrogens with one attached hydrogen (secondary N) is 2. The number of carbonyl (C=O) groups is 1. The van der Waals surface area contributed by atoms with Crippen LogP contribution >= 0.6 is 11.8 Å². The third-order valence-corrected chi connectivity index (χ3v) is 5.13. The zero-order chi connectivity index (χ0) is 18.2. The van der Waals surface area contributed by atoms with E-state index in [1.54, 1.807) is 12.1 Å². The summed E-state index contributed by atoms with van der Waals surface area (Å²) in [6.45, 7) is 6.76. The average molecular weight is 353 g/mol. The Kier molecular flexibility index (Phi) is 6.91. The van der Waals surface area contributed by atoms with Gasteiger partial charge in [-0.1, -0.05) is 26.0 Å². The van der Waals surface area contributed by atoms with Gasteiger partial charge in [-0.05, 0) is 54.8 Å². The van der Waals surface area contributed by atoms with Crippen LogP contribution < -0.4 is 10.6 Å². The summed E-state index contributed by atoms with van der Waals surface area (Å²) in [6, 6.07) is 15.1. The maximum Gasteiger partial charge on any atom is 0.319 e. The lowest BCUT2D eigenvalue weighted by Gasteiger charge is -2.13. The largest absolute Gasteiger partial charge is 0.334 e. The van der Waals surface area contributed by atoms with Gasteiger partial charge in [0.1, 0.15) is 0 Å². The van der Waals surface area contributed by atoms with E-state index >= 15 is 0 Å². The first-order chi connectivity index (χ1) is 12.0. The smallest absolute Gasteiger partial charge is 0.319 e. The number of rotatable bonds is 6. The molecule has 1 atom stereocenters. The third-order valence-electron chi connectivity index (χ3n) is 3.87. The molecule has 0 heterocycles. The van der Waals surface area contributed by atoms with Crippen LogP contribution in [0.2, 0.25) is 0 Å². The number of hydrogen-bond donors (Lipinski definition) is 2.